The van der Waals surface area contributed by atoms with E-state index >= 15 is 0 Å². The van der Waals surface area contributed by atoms with Gasteiger partial charge < -0.3 is 14.7 Å². The average Bonchev–Trinajstić information content (AvgIpc) is 2.87. The fraction of sp³-hybridized carbons (Fsp3) is 0.500. The molecule has 7 heteroatoms. The van der Waals surface area contributed by atoms with Crippen molar-refractivity contribution < 1.29 is 19.4 Å². The number of hydrogen-bond donors (Lipinski definition) is 1. The molecule has 0 saturated carbocycles. The molecule has 0 spiro atoms. The first-order valence-electron chi connectivity index (χ1n) is 7.47. The minimum atomic E-state index is -0.839. The van der Waals surface area contributed by atoms with Gasteiger partial charge in [-0.25, -0.2) is 0 Å². The number of nitrogens with zero attached hydrogens (tertiary/aromatic N) is 1. The van der Waals surface area contributed by atoms with Gasteiger partial charge in [-0.05, 0) is 30.5 Å². The maximum Gasteiger partial charge on any atom is 0.308 e. The van der Waals surface area contributed by atoms with E-state index in [1.54, 1.807) is 23.1 Å². The Balaban J connectivity index is 1.74. The third-order valence-electron chi connectivity index (χ3n) is 3.97. The van der Waals surface area contributed by atoms with Gasteiger partial charge >= 0.3 is 5.97 Å². The number of carboxylic acids is 1. The Hall–Kier alpha value is -1.46. The monoisotopic (exact) mass is 359 g/mol. The van der Waals surface area contributed by atoms with E-state index < -0.39 is 11.9 Å². The molecule has 0 unspecified atom stereocenters. The summed E-state index contributed by atoms with van der Waals surface area (Å²) in [5.74, 6) is -0.826. The summed E-state index contributed by atoms with van der Waals surface area (Å²) in [5, 5.41) is 10.1. The van der Waals surface area contributed by atoms with Crippen molar-refractivity contribution >= 4 is 35.1 Å². The molecule has 1 aromatic rings. The SMILES string of the molecule is C[C@@H]1CN(C(=O)CCCOc2ccc(Cl)cc2Cl)C[C@H]1C(=O)O. The van der Waals surface area contributed by atoms with Crippen molar-refractivity contribution in [2.24, 2.45) is 11.8 Å². The molecule has 0 aromatic heterocycles. The van der Waals surface area contributed by atoms with Crippen molar-refractivity contribution in [1.29, 1.82) is 0 Å². The van der Waals surface area contributed by atoms with E-state index in [4.69, 9.17) is 33.0 Å². The van der Waals surface area contributed by atoms with E-state index in [0.717, 1.165) is 0 Å². The van der Waals surface area contributed by atoms with E-state index in [2.05, 4.69) is 0 Å². The molecule has 1 aliphatic rings. The smallest absolute Gasteiger partial charge is 0.308 e. The van der Waals surface area contributed by atoms with Crippen LogP contribution in [0, 0.1) is 11.8 Å². The Kier molecular flexibility index (Phi) is 6.13. The molecule has 2 rings (SSSR count). The molecule has 0 bridgehead atoms. The predicted molar refractivity (Wildman–Crippen MR) is 88.1 cm³/mol. The van der Waals surface area contributed by atoms with Crippen LogP contribution in [0.25, 0.3) is 0 Å². The highest BCUT2D eigenvalue weighted by Gasteiger charge is 2.36. The topological polar surface area (TPSA) is 66.8 Å². The lowest BCUT2D eigenvalue weighted by Gasteiger charge is -2.16. The van der Waals surface area contributed by atoms with Gasteiger partial charge in [0.15, 0.2) is 0 Å². The zero-order valence-electron chi connectivity index (χ0n) is 12.8. The van der Waals surface area contributed by atoms with Gasteiger partial charge in [-0.2, -0.15) is 0 Å². The van der Waals surface area contributed by atoms with Gasteiger partial charge in [0, 0.05) is 24.5 Å². The zero-order chi connectivity index (χ0) is 17.0. The van der Waals surface area contributed by atoms with Crippen LogP contribution in [-0.2, 0) is 9.59 Å². The minimum Gasteiger partial charge on any atom is -0.492 e. The van der Waals surface area contributed by atoms with Gasteiger partial charge in [-0.15, -0.1) is 0 Å². The van der Waals surface area contributed by atoms with Gasteiger partial charge in [-0.3, -0.25) is 9.59 Å². The van der Waals surface area contributed by atoms with E-state index in [9.17, 15) is 9.59 Å². The maximum atomic E-state index is 12.1. The van der Waals surface area contributed by atoms with Crippen molar-refractivity contribution in [2.45, 2.75) is 19.8 Å². The highest BCUT2D eigenvalue weighted by molar-refractivity contribution is 6.35. The molecule has 1 amide bonds. The average molecular weight is 360 g/mol. The number of carboxylic acid groups (broad SMARTS) is 1. The molecule has 1 heterocycles. The number of amides is 1. The molecule has 126 valence electrons. The molecule has 5 nitrogen and oxygen atoms in total. The summed E-state index contributed by atoms with van der Waals surface area (Å²) < 4.78 is 5.53. The summed E-state index contributed by atoms with van der Waals surface area (Å²) in [6, 6.07) is 4.97. The molecule has 1 fully saturated rings. The van der Waals surface area contributed by atoms with Crippen LogP contribution in [0.15, 0.2) is 18.2 Å². The number of halogens is 2. The molecule has 1 aliphatic heterocycles. The number of benzene rings is 1. The van der Waals surface area contributed by atoms with Crippen LogP contribution in [0.2, 0.25) is 10.0 Å². The molecule has 23 heavy (non-hydrogen) atoms. The van der Waals surface area contributed by atoms with Gasteiger partial charge in [-0.1, -0.05) is 30.1 Å². The van der Waals surface area contributed by atoms with E-state index in [0.29, 0.717) is 48.3 Å². The highest BCUT2D eigenvalue weighted by atomic mass is 35.5. The summed E-state index contributed by atoms with van der Waals surface area (Å²) in [4.78, 5) is 24.8. The van der Waals surface area contributed by atoms with E-state index in [-0.39, 0.29) is 11.8 Å². The molecular weight excluding hydrogens is 341 g/mol. The summed E-state index contributed by atoms with van der Waals surface area (Å²) in [7, 11) is 0. The number of carbonyl (C=O) groups excluding carboxylic acids is 1. The van der Waals surface area contributed by atoms with Gasteiger partial charge in [0.2, 0.25) is 5.91 Å². The van der Waals surface area contributed by atoms with Crippen LogP contribution in [-0.4, -0.2) is 41.6 Å². The summed E-state index contributed by atoms with van der Waals surface area (Å²) in [6.07, 6.45) is 0.866. The fourth-order valence-corrected chi connectivity index (χ4v) is 3.11. The standard InChI is InChI=1S/C16H19Cl2NO4/c1-10-8-19(9-12(10)16(21)22)15(20)3-2-6-23-14-5-4-11(17)7-13(14)18/h4-5,7,10,12H,2-3,6,8-9H2,1H3,(H,21,22)/t10-,12-/m1/s1. The van der Waals surface area contributed by atoms with Crippen LogP contribution < -0.4 is 4.74 Å². The first kappa shape index (κ1) is 17.9. The van der Waals surface area contributed by atoms with Crippen LogP contribution in [0.5, 0.6) is 5.75 Å². The lowest BCUT2D eigenvalue weighted by atomic mass is 9.99. The van der Waals surface area contributed by atoms with Gasteiger partial charge in [0.1, 0.15) is 5.75 Å². The number of aliphatic carboxylic acids is 1. The lowest BCUT2D eigenvalue weighted by Crippen LogP contribution is -2.30. The number of carbonyl (C=O) groups is 2. The number of hydrogen-bond acceptors (Lipinski definition) is 3. The van der Waals surface area contributed by atoms with Crippen LogP contribution in [0.4, 0.5) is 0 Å². The normalized spacial score (nSPS) is 20.6. The summed E-state index contributed by atoms with van der Waals surface area (Å²) >= 11 is 11.8. The van der Waals surface area contributed by atoms with Crippen LogP contribution >= 0.6 is 23.2 Å². The largest absolute Gasteiger partial charge is 0.492 e. The fourth-order valence-electron chi connectivity index (χ4n) is 2.65. The lowest BCUT2D eigenvalue weighted by molar-refractivity contribution is -0.142. The minimum absolute atomic E-state index is 0.0134. The van der Waals surface area contributed by atoms with E-state index in [1.165, 1.54) is 0 Å². The molecule has 0 aliphatic carbocycles. The summed E-state index contributed by atoms with van der Waals surface area (Å²) in [6.45, 7) is 3.01. The molecule has 1 saturated heterocycles. The Morgan fingerprint density at radius 1 is 1.35 bits per heavy atom. The van der Waals surface area contributed by atoms with Crippen molar-refractivity contribution in [3.05, 3.63) is 28.2 Å². The van der Waals surface area contributed by atoms with Gasteiger partial charge in [0.25, 0.3) is 0 Å². The van der Waals surface area contributed by atoms with E-state index in [1.807, 2.05) is 6.92 Å². The second-order valence-corrected chi connectivity index (χ2v) is 6.59. The van der Waals surface area contributed by atoms with Crippen molar-refractivity contribution in [3.63, 3.8) is 0 Å². The second kappa shape index (κ2) is 7.88. The Morgan fingerprint density at radius 3 is 2.70 bits per heavy atom. The predicted octanol–water partition coefficient (Wildman–Crippen LogP) is 3.33. The van der Waals surface area contributed by atoms with Gasteiger partial charge in [0.05, 0.1) is 17.5 Å². The summed E-state index contributed by atoms with van der Waals surface area (Å²) in [5.41, 5.74) is 0. The van der Waals surface area contributed by atoms with Crippen LogP contribution in [0.3, 0.4) is 0 Å². The quantitative estimate of drug-likeness (QED) is 0.791. The number of ether oxygens (including phenoxy) is 1. The Morgan fingerprint density at radius 2 is 2.09 bits per heavy atom. The Labute approximate surface area is 145 Å². The number of likely N-dealkylation sites (tertiary alicyclic amines) is 1. The first-order chi connectivity index (χ1) is 10.9. The third-order valence-corrected chi connectivity index (χ3v) is 4.50. The van der Waals surface area contributed by atoms with Crippen molar-refractivity contribution in [2.75, 3.05) is 19.7 Å². The number of rotatable bonds is 6. The molecule has 2 atom stereocenters. The second-order valence-electron chi connectivity index (χ2n) is 5.75. The molecule has 0 radical (unpaired) electrons. The molecule has 1 N–H and O–H groups in total. The third kappa shape index (κ3) is 4.75. The van der Waals surface area contributed by atoms with Crippen molar-refractivity contribution in [3.8, 4) is 5.75 Å². The van der Waals surface area contributed by atoms with Crippen molar-refractivity contribution in [1.82, 2.24) is 4.90 Å². The molecular formula is C16H19Cl2NO4. The highest BCUT2D eigenvalue weighted by Crippen LogP contribution is 2.28. The zero-order valence-corrected chi connectivity index (χ0v) is 14.3. The first-order valence-corrected chi connectivity index (χ1v) is 8.22. The van der Waals surface area contributed by atoms with Crippen LogP contribution in [0.1, 0.15) is 19.8 Å². The molecule has 1 aromatic carbocycles. The maximum absolute atomic E-state index is 12.1. The Bertz CT molecular complexity index is 593.